The van der Waals surface area contributed by atoms with Crippen molar-refractivity contribution in [1.82, 2.24) is 0 Å². The number of rotatable bonds is 9. The molecule has 4 N–H and O–H groups in total. The number of carbonyl (C=O) groups is 3. The number of hydrogen-bond acceptors (Lipinski definition) is 11. The zero-order valence-electron chi connectivity index (χ0n) is 31.1. The van der Waals surface area contributed by atoms with E-state index in [1.807, 2.05) is 33.8 Å². The molecule has 2 saturated heterocycles. The molecule has 3 aliphatic rings. The van der Waals surface area contributed by atoms with Gasteiger partial charge in [0.2, 0.25) is 0 Å². The van der Waals surface area contributed by atoms with Crippen molar-refractivity contribution in [3.05, 3.63) is 47.6 Å². The molecule has 14 atom stereocenters. The summed E-state index contributed by atoms with van der Waals surface area (Å²) in [5, 5.41) is 44.0. The Hall–Kier alpha value is -2.87. The topological polar surface area (TPSA) is 178 Å². The molecule has 3 aliphatic heterocycles. The molecule has 50 heavy (non-hydrogen) atoms. The number of carboxylic acids is 1. The summed E-state index contributed by atoms with van der Waals surface area (Å²) in [6.45, 7) is 16.5. The maximum absolute atomic E-state index is 13.5. The van der Waals surface area contributed by atoms with E-state index in [1.165, 1.54) is 7.11 Å². The highest BCUT2D eigenvalue weighted by molar-refractivity contribution is 5.90. The Balaban J connectivity index is 1.97. The summed E-state index contributed by atoms with van der Waals surface area (Å²) in [7, 11) is 1.44. The van der Waals surface area contributed by atoms with Crippen LogP contribution in [-0.4, -0.2) is 99.6 Å². The van der Waals surface area contributed by atoms with Crippen molar-refractivity contribution in [2.45, 2.75) is 136 Å². The lowest BCUT2D eigenvalue weighted by Gasteiger charge is -2.49. The molecule has 0 amide bonds. The largest absolute Gasteiger partial charge is 0.478 e. The van der Waals surface area contributed by atoms with Gasteiger partial charge in [-0.05, 0) is 45.6 Å². The number of hydrogen-bond donors (Lipinski definition) is 4. The van der Waals surface area contributed by atoms with E-state index in [9.17, 15) is 29.7 Å². The second-order valence-corrected chi connectivity index (χ2v) is 14.8. The standard InChI is InChI=1S/C38H58O12/c1-11-27-24(6)29(47-32(42)15-14-31(40)41)19-38(45,49-27)26(8)33(43)25(7)35-28(46-10)12-13-30(39)37(9)18-23(5)34(50-37)21(3)16-20(2)17-22(4)36(44)48-35/h12-17,21,23-30,33-35,39,43,45H,11,18-19H2,1-10H3,(H,40,41)/b13-12+,15-14+,20-16+,22-17+/t21-,23+,24-,25+,26+,27-,28+,29-,30+,33-,34-,35-,37-,38-/m1/s1. The number of methoxy groups -OCH3 is 1. The molecule has 0 unspecified atom stereocenters. The molecule has 0 aromatic heterocycles. The van der Waals surface area contributed by atoms with E-state index in [4.69, 9.17) is 28.8 Å². The van der Waals surface area contributed by atoms with Gasteiger partial charge in [0.1, 0.15) is 24.4 Å². The van der Waals surface area contributed by atoms with Crippen LogP contribution in [-0.2, 0) is 38.1 Å². The summed E-state index contributed by atoms with van der Waals surface area (Å²) >= 11 is 0. The van der Waals surface area contributed by atoms with Gasteiger partial charge in [0.05, 0.1) is 23.9 Å². The van der Waals surface area contributed by atoms with Crippen LogP contribution in [0.25, 0.3) is 0 Å². The summed E-state index contributed by atoms with van der Waals surface area (Å²) in [5.41, 5.74) is 0.307. The minimum absolute atomic E-state index is 0.0109. The quantitative estimate of drug-likeness (QED) is 0.152. The first-order chi connectivity index (χ1) is 23.3. The molecule has 0 spiro atoms. The Morgan fingerprint density at radius 1 is 1.10 bits per heavy atom. The Kier molecular flexibility index (Phi) is 14.2. The summed E-state index contributed by atoms with van der Waals surface area (Å²) in [5.74, 6) is -6.80. The molecule has 2 bridgehead atoms. The van der Waals surface area contributed by atoms with E-state index >= 15 is 0 Å². The molecule has 282 valence electrons. The van der Waals surface area contributed by atoms with Crippen LogP contribution < -0.4 is 0 Å². The average Bonchev–Trinajstić information content (AvgIpc) is 3.38. The first kappa shape index (κ1) is 41.5. The molecule has 2 fully saturated rings. The van der Waals surface area contributed by atoms with Gasteiger partial charge >= 0.3 is 17.9 Å². The molecule has 3 heterocycles. The first-order valence-corrected chi connectivity index (χ1v) is 17.6. The van der Waals surface area contributed by atoms with Crippen molar-refractivity contribution >= 4 is 17.9 Å². The second kappa shape index (κ2) is 17.1. The van der Waals surface area contributed by atoms with Crippen LogP contribution in [0.15, 0.2) is 47.6 Å². The van der Waals surface area contributed by atoms with Gasteiger partial charge in [-0.15, -0.1) is 0 Å². The highest BCUT2D eigenvalue weighted by Gasteiger charge is 2.52. The van der Waals surface area contributed by atoms with Gasteiger partial charge in [-0.1, -0.05) is 65.3 Å². The van der Waals surface area contributed by atoms with Crippen LogP contribution in [0.5, 0.6) is 0 Å². The molecule has 0 saturated carbocycles. The van der Waals surface area contributed by atoms with Crippen molar-refractivity contribution in [3.63, 3.8) is 0 Å². The van der Waals surface area contributed by atoms with Crippen LogP contribution in [0, 0.1) is 29.6 Å². The maximum atomic E-state index is 13.5. The van der Waals surface area contributed by atoms with Crippen LogP contribution in [0.4, 0.5) is 0 Å². The maximum Gasteiger partial charge on any atom is 0.334 e. The normalized spacial score (nSPS) is 41.7. The van der Waals surface area contributed by atoms with Gasteiger partial charge in [-0.2, -0.15) is 0 Å². The smallest absolute Gasteiger partial charge is 0.334 e. The van der Waals surface area contributed by atoms with E-state index in [0.717, 1.165) is 11.6 Å². The van der Waals surface area contributed by atoms with Gasteiger partial charge in [0, 0.05) is 54.9 Å². The summed E-state index contributed by atoms with van der Waals surface area (Å²) in [6.07, 6.45) is 3.41. The minimum Gasteiger partial charge on any atom is -0.478 e. The number of allylic oxidation sites excluding steroid dienone is 2. The van der Waals surface area contributed by atoms with Crippen LogP contribution in [0.2, 0.25) is 0 Å². The lowest BCUT2D eigenvalue weighted by Crippen LogP contribution is -2.58. The van der Waals surface area contributed by atoms with Crippen LogP contribution in [0.3, 0.4) is 0 Å². The molecule has 12 heteroatoms. The highest BCUT2D eigenvalue weighted by atomic mass is 16.6. The van der Waals surface area contributed by atoms with E-state index < -0.39 is 77.8 Å². The lowest BCUT2D eigenvalue weighted by atomic mass is 9.77. The molecular formula is C38H58O12. The van der Waals surface area contributed by atoms with Gasteiger partial charge in [-0.3, -0.25) is 0 Å². The van der Waals surface area contributed by atoms with E-state index in [1.54, 1.807) is 39.0 Å². The van der Waals surface area contributed by atoms with Gasteiger partial charge in [0.25, 0.3) is 0 Å². The molecule has 0 radical (unpaired) electrons. The van der Waals surface area contributed by atoms with Crippen LogP contribution in [0.1, 0.15) is 81.6 Å². The zero-order valence-corrected chi connectivity index (χ0v) is 31.1. The van der Waals surface area contributed by atoms with Gasteiger partial charge < -0.3 is 44.1 Å². The molecule has 3 rings (SSSR count). The Labute approximate surface area is 296 Å². The SMILES string of the molecule is CC[C@H]1O[C@@](O)([C@@H](C)[C@H](O)[C@H](C)[C@H]2OC(=O)/C(C)=C/C(C)=C/[C@@H](C)[C@H]3O[C@](C)(C[C@@H]3C)[C@@H](O)/C=C/[C@@H]2OC)C[C@@H](OC(=O)/C=C/C(=O)O)[C@@H]1C. The Bertz CT molecular complexity index is 1340. The van der Waals surface area contributed by atoms with Gasteiger partial charge in [0.15, 0.2) is 5.79 Å². The lowest BCUT2D eigenvalue weighted by molar-refractivity contribution is -0.323. The van der Waals surface area contributed by atoms with Crippen molar-refractivity contribution in [2.75, 3.05) is 7.11 Å². The molecular weight excluding hydrogens is 648 g/mol. The summed E-state index contributed by atoms with van der Waals surface area (Å²) in [6, 6.07) is 0. The second-order valence-electron chi connectivity index (χ2n) is 14.8. The fraction of sp³-hybridized carbons (Fsp3) is 0.711. The number of cyclic esters (lactones) is 1. The Morgan fingerprint density at radius 2 is 1.76 bits per heavy atom. The number of aliphatic hydroxyl groups is 3. The van der Waals surface area contributed by atoms with E-state index in [2.05, 4.69) is 13.8 Å². The summed E-state index contributed by atoms with van der Waals surface area (Å²) < 4.78 is 30.1. The third-order valence-electron chi connectivity index (χ3n) is 10.8. The summed E-state index contributed by atoms with van der Waals surface area (Å²) in [4.78, 5) is 36.9. The molecule has 0 aromatic carbocycles. The van der Waals surface area contributed by atoms with Crippen molar-refractivity contribution in [2.24, 2.45) is 29.6 Å². The third-order valence-corrected chi connectivity index (χ3v) is 10.8. The minimum atomic E-state index is -1.98. The fourth-order valence-corrected chi connectivity index (χ4v) is 7.71. The molecule has 0 aliphatic carbocycles. The number of aliphatic carboxylic acids is 1. The molecule has 12 nitrogen and oxygen atoms in total. The van der Waals surface area contributed by atoms with Crippen molar-refractivity contribution < 1.29 is 58.5 Å². The number of ether oxygens (including phenoxy) is 5. The Morgan fingerprint density at radius 3 is 2.36 bits per heavy atom. The first-order valence-electron chi connectivity index (χ1n) is 17.6. The number of carboxylic acid groups (broad SMARTS) is 1. The average molecular weight is 707 g/mol. The monoisotopic (exact) mass is 706 g/mol. The highest BCUT2D eigenvalue weighted by Crippen LogP contribution is 2.43. The van der Waals surface area contributed by atoms with Crippen molar-refractivity contribution in [3.8, 4) is 0 Å². The number of fused-ring (bicyclic) bond motifs is 2. The molecule has 0 aromatic rings. The third kappa shape index (κ3) is 9.71. The predicted molar refractivity (Wildman–Crippen MR) is 184 cm³/mol. The van der Waals surface area contributed by atoms with Gasteiger partial charge in [-0.25, -0.2) is 14.4 Å². The van der Waals surface area contributed by atoms with Crippen LogP contribution >= 0.6 is 0 Å². The van der Waals surface area contributed by atoms with Crippen molar-refractivity contribution in [1.29, 1.82) is 0 Å². The number of esters is 2. The number of carbonyl (C=O) groups excluding carboxylic acids is 2. The van der Waals surface area contributed by atoms with E-state index in [-0.39, 0.29) is 30.3 Å². The fourth-order valence-electron chi connectivity index (χ4n) is 7.71. The predicted octanol–water partition coefficient (Wildman–Crippen LogP) is 4.27. The van der Waals surface area contributed by atoms with E-state index in [0.29, 0.717) is 24.5 Å². The zero-order chi connectivity index (χ0) is 37.7. The number of aliphatic hydroxyl groups excluding tert-OH is 2.